The summed E-state index contributed by atoms with van der Waals surface area (Å²) in [7, 11) is 0. The fraction of sp³-hybridized carbons (Fsp3) is 0.462. The SMILES string of the molecule is Cc1cc(C(=O)C[NH2+]C(C)C)cc(C)c1O.[Cl-]. The number of hydrogen-bond donors (Lipinski definition) is 2. The number of rotatable bonds is 4. The van der Waals surface area contributed by atoms with Crippen molar-refractivity contribution in [3.05, 3.63) is 28.8 Å². The van der Waals surface area contributed by atoms with Gasteiger partial charge in [-0.25, -0.2) is 0 Å². The molecule has 0 aromatic heterocycles. The van der Waals surface area contributed by atoms with Gasteiger partial charge in [-0.3, -0.25) is 4.79 Å². The molecule has 0 saturated heterocycles. The molecule has 0 spiro atoms. The first kappa shape index (κ1) is 15.9. The van der Waals surface area contributed by atoms with Crippen LogP contribution in [-0.2, 0) is 0 Å². The number of nitrogens with two attached hydrogens (primary N) is 1. The quantitative estimate of drug-likeness (QED) is 0.624. The first-order valence-electron chi connectivity index (χ1n) is 5.58. The molecule has 4 heteroatoms. The van der Waals surface area contributed by atoms with Crippen molar-refractivity contribution in [3.8, 4) is 5.75 Å². The molecule has 0 saturated carbocycles. The van der Waals surface area contributed by atoms with Gasteiger partial charge in [0, 0.05) is 5.56 Å². The van der Waals surface area contributed by atoms with Crippen LogP contribution in [0, 0.1) is 13.8 Å². The molecule has 0 aliphatic heterocycles. The minimum atomic E-state index is 0. The lowest BCUT2D eigenvalue weighted by atomic mass is 10.0. The summed E-state index contributed by atoms with van der Waals surface area (Å²) in [6, 6.07) is 3.92. The van der Waals surface area contributed by atoms with Crippen LogP contribution in [0.5, 0.6) is 5.75 Å². The van der Waals surface area contributed by atoms with Crippen molar-refractivity contribution in [2.75, 3.05) is 6.54 Å². The Hall–Kier alpha value is -1.06. The van der Waals surface area contributed by atoms with E-state index >= 15 is 0 Å². The van der Waals surface area contributed by atoms with E-state index in [4.69, 9.17) is 0 Å². The van der Waals surface area contributed by atoms with Crippen molar-refractivity contribution in [1.82, 2.24) is 0 Å². The maximum atomic E-state index is 11.9. The Morgan fingerprint density at radius 3 is 2.18 bits per heavy atom. The molecule has 0 bridgehead atoms. The Morgan fingerprint density at radius 1 is 1.29 bits per heavy atom. The number of phenolic OH excluding ortho intramolecular Hbond substituents is 1. The van der Waals surface area contributed by atoms with Gasteiger partial charge in [-0.15, -0.1) is 0 Å². The van der Waals surface area contributed by atoms with Crippen LogP contribution in [0.25, 0.3) is 0 Å². The highest BCUT2D eigenvalue weighted by Crippen LogP contribution is 2.22. The first-order chi connectivity index (χ1) is 7.41. The first-order valence-corrected chi connectivity index (χ1v) is 5.58. The third kappa shape index (κ3) is 4.36. The fourth-order valence-electron chi connectivity index (χ4n) is 1.58. The van der Waals surface area contributed by atoms with E-state index in [0.29, 0.717) is 18.2 Å². The number of aromatic hydroxyl groups is 1. The average molecular weight is 258 g/mol. The number of aryl methyl sites for hydroxylation is 2. The van der Waals surface area contributed by atoms with Crippen molar-refractivity contribution in [2.45, 2.75) is 33.7 Å². The number of Topliss-reactive ketones (excluding diaryl/α,β-unsaturated/α-hetero) is 1. The molecular weight excluding hydrogens is 238 g/mol. The van der Waals surface area contributed by atoms with Crippen molar-refractivity contribution >= 4 is 5.78 Å². The third-order valence-electron chi connectivity index (χ3n) is 2.59. The summed E-state index contributed by atoms with van der Waals surface area (Å²) < 4.78 is 0. The Morgan fingerprint density at radius 2 is 1.76 bits per heavy atom. The predicted molar refractivity (Wildman–Crippen MR) is 63.8 cm³/mol. The van der Waals surface area contributed by atoms with Gasteiger partial charge >= 0.3 is 0 Å². The zero-order chi connectivity index (χ0) is 12.3. The van der Waals surface area contributed by atoms with Gasteiger partial charge < -0.3 is 22.8 Å². The molecule has 1 aromatic carbocycles. The van der Waals surface area contributed by atoms with Gasteiger partial charge in [-0.2, -0.15) is 0 Å². The monoisotopic (exact) mass is 257 g/mol. The number of carbonyl (C=O) groups is 1. The number of benzene rings is 1. The second-order valence-electron chi connectivity index (χ2n) is 4.57. The van der Waals surface area contributed by atoms with Gasteiger partial charge in [0.2, 0.25) is 5.78 Å². The number of carbonyl (C=O) groups excluding carboxylic acids is 1. The molecule has 0 radical (unpaired) electrons. The van der Waals surface area contributed by atoms with Crippen LogP contribution in [0.1, 0.15) is 35.3 Å². The zero-order valence-electron chi connectivity index (χ0n) is 10.7. The molecule has 1 rings (SSSR count). The molecule has 0 unspecified atom stereocenters. The van der Waals surface area contributed by atoms with E-state index < -0.39 is 0 Å². The molecule has 17 heavy (non-hydrogen) atoms. The molecular formula is C13H20ClNO2. The molecule has 3 nitrogen and oxygen atoms in total. The number of ketones is 1. The van der Waals surface area contributed by atoms with E-state index in [2.05, 4.69) is 13.8 Å². The van der Waals surface area contributed by atoms with Gasteiger partial charge in [0.15, 0.2) is 0 Å². The molecule has 0 heterocycles. The number of hydrogen-bond acceptors (Lipinski definition) is 2. The Balaban J connectivity index is 0.00000256. The van der Waals surface area contributed by atoms with Crippen LogP contribution in [0.15, 0.2) is 12.1 Å². The van der Waals surface area contributed by atoms with Crippen LogP contribution < -0.4 is 17.7 Å². The maximum Gasteiger partial charge on any atom is 0.216 e. The zero-order valence-corrected chi connectivity index (χ0v) is 11.5. The van der Waals surface area contributed by atoms with E-state index in [1.54, 1.807) is 12.1 Å². The van der Waals surface area contributed by atoms with Gasteiger partial charge in [0.25, 0.3) is 0 Å². The average Bonchev–Trinajstić information content (AvgIpc) is 2.21. The summed E-state index contributed by atoms with van der Waals surface area (Å²) in [6.45, 7) is 8.19. The summed E-state index contributed by atoms with van der Waals surface area (Å²) in [5, 5.41) is 11.6. The molecule has 0 amide bonds. The van der Waals surface area contributed by atoms with Crippen LogP contribution in [0.3, 0.4) is 0 Å². The molecule has 1 aromatic rings. The highest BCUT2D eigenvalue weighted by molar-refractivity contribution is 5.97. The largest absolute Gasteiger partial charge is 1.00 e. The van der Waals surface area contributed by atoms with Crippen molar-refractivity contribution in [2.24, 2.45) is 0 Å². The van der Waals surface area contributed by atoms with Crippen LogP contribution in [0.4, 0.5) is 0 Å². The standard InChI is InChI=1S/C13H19NO2.ClH/c1-8(2)14-7-12(15)11-5-9(3)13(16)10(4)6-11;/h5-6,8,14,16H,7H2,1-4H3;1H. The molecule has 0 aliphatic rings. The van der Waals surface area contributed by atoms with Gasteiger partial charge in [0.05, 0.1) is 6.04 Å². The molecule has 0 aliphatic carbocycles. The minimum absolute atomic E-state index is 0. The normalized spacial score (nSPS) is 10.2. The van der Waals surface area contributed by atoms with Crippen molar-refractivity contribution in [3.63, 3.8) is 0 Å². The smallest absolute Gasteiger partial charge is 0.216 e. The summed E-state index contributed by atoms with van der Waals surface area (Å²) >= 11 is 0. The topological polar surface area (TPSA) is 53.9 Å². The lowest BCUT2D eigenvalue weighted by molar-refractivity contribution is -0.671. The molecule has 96 valence electrons. The highest BCUT2D eigenvalue weighted by atomic mass is 35.5. The summed E-state index contributed by atoms with van der Waals surface area (Å²) in [5.74, 6) is 0.393. The van der Waals surface area contributed by atoms with Crippen LogP contribution in [-0.4, -0.2) is 23.5 Å². The molecule has 0 atom stereocenters. The maximum absolute atomic E-state index is 11.9. The van der Waals surface area contributed by atoms with E-state index in [1.165, 1.54) is 0 Å². The predicted octanol–water partition coefficient (Wildman–Crippen LogP) is -1.83. The number of phenols is 1. The van der Waals surface area contributed by atoms with Gasteiger partial charge in [-0.1, -0.05) is 0 Å². The fourth-order valence-corrected chi connectivity index (χ4v) is 1.58. The van der Waals surface area contributed by atoms with Crippen LogP contribution >= 0.6 is 0 Å². The van der Waals surface area contributed by atoms with E-state index in [1.807, 2.05) is 19.2 Å². The van der Waals surface area contributed by atoms with Crippen LogP contribution in [0.2, 0.25) is 0 Å². The molecule has 0 fully saturated rings. The Labute approximate surface area is 109 Å². The Kier molecular flexibility index (Phi) is 6.21. The molecule has 3 N–H and O–H groups in total. The van der Waals surface area contributed by atoms with E-state index in [0.717, 1.165) is 11.1 Å². The lowest BCUT2D eigenvalue weighted by Gasteiger charge is -2.08. The Bertz CT molecular complexity index is 379. The van der Waals surface area contributed by atoms with E-state index in [-0.39, 0.29) is 23.9 Å². The highest BCUT2D eigenvalue weighted by Gasteiger charge is 2.12. The number of halogens is 1. The van der Waals surface area contributed by atoms with Gasteiger partial charge in [-0.05, 0) is 51.0 Å². The summed E-state index contributed by atoms with van der Waals surface area (Å²) in [4.78, 5) is 11.9. The number of quaternary nitrogens is 1. The third-order valence-corrected chi connectivity index (χ3v) is 2.59. The summed E-state index contributed by atoms with van der Waals surface area (Å²) in [6.07, 6.45) is 0. The van der Waals surface area contributed by atoms with Crippen molar-refractivity contribution in [1.29, 1.82) is 0 Å². The lowest BCUT2D eigenvalue weighted by Crippen LogP contribution is -3.00. The second kappa shape index (κ2) is 6.62. The minimum Gasteiger partial charge on any atom is -1.00 e. The summed E-state index contributed by atoms with van der Waals surface area (Å²) in [5.41, 5.74) is 2.20. The van der Waals surface area contributed by atoms with E-state index in [9.17, 15) is 9.90 Å². The van der Waals surface area contributed by atoms with Gasteiger partial charge in [0.1, 0.15) is 12.3 Å². The van der Waals surface area contributed by atoms with Crippen molar-refractivity contribution < 1.29 is 27.6 Å². The second-order valence-corrected chi connectivity index (χ2v) is 4.57.